The number of carbonyl (C=O) groups excluding carboxylic acids is 1. The van der Waals surface area contributed by atoms with E-state index in [2.05, 4.69) is 5.32 Å². The van der Waals surface area contributed by atoms with Crippen molar-refractivity contribution in [3.05, 3.63) is 0 Å². The van der Waals surface area contributed by atoms with Crippen LogP contribution in [0.15, 0.2) is 0 Å². The highest BCUT2D eigenvalue weighted by atomic mass is 31.2. The predicted molar refractivity (Wildman–Crippen MR) is 75.4 cm³/mol. The maximum atomic E-state index is 11.7. The monoisotopic (exact) mass is 347 g/mol. The van der Waals surface area contributed by atoms with Gasteiger partial charge in [-0.1, -0.05) is 20.8 Å². The standard InChI is InChI=1S/C10H23NO8P2/c1-4-9(2,3)8(12)11-7-5-6-10(13,20(14,15)16)21(17,18)19/h13H,4-7H2,1-3H3,(H,11,12)(H2,14,15,16)(H2,17,18,19). The second-order valence-electron chi connectivity index (χ2n) is 5.46. The molecule has 21 heavy (non-hydrogen) atoms. The molecule has 0 bridgehead atoms. The number of nitrogens with one attached hydrogen (secondary N) is 1. The van der Waals surface area contributed by atoms with E-state index in [0.717, 1.165) is 0 Å². The number of aliphatic hydroxyl groups is 1. The quantitative estimate of drug-likeness (QED) is 0.270. The Bertz CT molecular complexity index is 444. The van der Waals surface area contributed by atoms with E-state index in [1.165, 1.54) is 0 Å². The topological polar surface area (TPSA) is 164 Å². The second kappa shape index (κ2) is 6.87. The summed E-state index contributed by atoms with van der Waals surface area (Å²) in [6.07, 6.45) is -0.458. The molecule has 0 rings (SSSR count). The zero-order chi connectivity index (χ0) is 17.1. The lowest BCUT2D eigenvalue weighted by Crippen LogP contribution is -2.38. The molecule has 0 spiro atoms. The fourth-order valence-corrected chi connectivity index (χ4v) is 3.64. The first kappa shape index (κ1) is 20.7. The molecule has 6 N–H and O–H groups in total. The molecular weight excluding hydrogens is 324 g/mol. The summed E-state index contributed by atoms with van der Waals surface area (Å²) in [6.45, 7) is 5.18. The van der Waals surface area contributed by atoms with Crippen LogP contribution in [0.3, 0.4) is 0 Å². The number of carbonyl (C=O) groups is 1. The van der Waals surface area contributed by atoms with Crippen molar-refractivity contribution in [1.82, 2.24) is 5.32 Å². The Kier molecular flexibility index (Phi) is 6.79. The Morgan fingerprint density at radius 1 is 1.10 bits per heavy atom. The third-order valence-corrected chi connectivity index (χ3v) is 7.28. The molecule has 126 valence electrons. The van der Waals surface area contributed by atoms with E-state index in [0.29, 0.717) is 6.42 Å². The summed E-state index contributed by atoms with van der Waals surface area (Å²) in [4.78, 5) is 47.5. The van der Waals surface area contributed by atoms with Crippen molar-refractivity contribution in [2.45, 2.75) is 45.1 Å². The van der Waals surface area contributed by atoms with E-state index in [9.17, 15) is 19.0 Å². The third-order valence-electron chi connectivity index (χ3n) is 3.41. The smallest absolute Gasteiger partial charge is 0.368 e. The van der Waals surface area contributed by atoms with Gasteiger partial charge in [0.05, 0.1) is 0 Å². The number of hydrogen-bond donors (Lipinski definition) is 6. The minimum atomic E-state index is -5.43. The van der Waals surface area contributed by atoms with Gasteiger partial charge in [0.2, 0.25) is 5.91 Å². The summed E-state index contributed by atoms with van der Waals surface area (Å²) >= 11 is 0. The van der Waals surface area contributed by atoms with Gasteiger partial charge in [-0.15, -0.1) is 0 Å². The van der Waals surface area contributed by atoms with Gasteiger partial charge >= 0.3 is 15.2 Å². The molecule has 1 amide bonds. The lowest BCUT2D eigenvalue weighted by atomic mass is 9.89. The first-order valence-corrected chi connectivity index (χ1v) is 9.53. The van der Waals surface area contributed by atoms with E-state index in [1.807, 2.05) is 6.92 Å². The molecule has 0 heterocycles. The molecule has 0 saturated carbocycles. The summed E-state index contributed by atoms with van der Waals surface area (Å²) in [7, 11) is -10.9. The first-order valence-electron chi connectivity index (χ1n) is 6.31. The van der Waals surface area contributed by atoms with E-state index < -0.39 is 32.1 Å². The molecule has 0 unspecified atom stereocenters. The lowest BCUT2D eigenvalue weighted by molar-refractivity contribution is -0.129. The minimum absolute atomic E-state index is 0.0649. The normalized spacial score (nSPS) is 14.1. The Morgan fingerprint density at radius 3 is 1.86 bits per heavy atom. The SMILES string of the molecule is CCC(C)(C)C(=O)NCCCC(O)(P(=O)(O)O)P(=O)(O)O. The van der Waals surface area contributed by atoms with E-state index in [4.69, 9.17) is 19.6 Å². The van der Waals surface area contributed by atoms with Gasteiger partial charge in [0.1, 0.15) is 0 Å². The molecule has 9 nitrogen and oxygen atoms in total. The third kappa shape index (κ3) is 5.14. The van der Waals surface area contributed by atoms with E-state index in [-0.39, 0.29) is 18.9 Å². The van der Waals surface area contributed by atoms with Crippen molar-refractivity contribution in [2.75, 3.05) is 6.54 Å². The Morgan fingerprint density at radius 2 is 1.52 bits per heavy atom. The summed E-state index contributed by atoms with van der Waals surface area (Å²) < 4.78 is 22.2. The van der Waals surface area contributed by atoms with Crippen LogP contribution in [0.4, 0.5) is 0 Å². The van der Waals surface area contributed by atoms with Crippen LogP contribution in [0.1, 0.15) is 40.0 Å². The summed E-state index contributed by atoms with van der Waals surface area (Å²) in [5, 5.41) is 8.68. The molecule has 0 fully saturated rings. The molecule has 0 aliphatic heterocycles. The number of hydrogen-bond acceptors (Lipinski definition) is 4. The Labute approximate surface area is 123 Å². The van der Waals surface area contributed by atoms with Crippen LogP contribution >= 0.6 is 15.2 Å². The van der Waals surface area contributed by atoms with Gasteiger partial charge in [0.15, 0.2) is 0 Å². The van der Waals surface area contributed by atoms with Crippen molar-refractivity contribution in [2.24, 2.45) is 5.41 Å². The molecule has 0 atom stereocenters. The summed E-state index contributed by atoms with van der Waals surface area (Å²) in [6, 6.07) is 0. The van der Waals surface area contributed by atoms with Crippen LogP contribution in [0.2, 0.25) is 0 Å². The fraction of sp³-hybridized carbons (Fsp3) is 0.900. The largest absolute Gasteiger partial charge is 0.369 e. The van der Waals surface area contributed by atoms with Crippen LogP contribution in [0.5, 0.6) is 0 Å². The minimum Gasteiger partial charge on any atom is -0.368 e. The molecule has 0 aliphatic rings. The van der Waals surface area contributed by atoms with Crippen molar-refractivity contribution in [3.63, 3.8) is 0 Å². The highest BCUT2D eigenvalue weighted by Gasteiger charge is 2.58. The van der Waals surface area contributed by atoms with Crippen molar-refractivity contribution < 1.29 is 38.6 Å². The second-order valence-corrected chi connectivity index (χ2v) is 9.47. The molecule has 0 aliphatic carbocycles. The number of amides is 1. The maximum absolute atomic E-state index is 11.7. The fourth-order valence-electron chi connectivity index (χ4n) is 1.39. The van der Waals surface area contributed by atoms with Crippen LogP contribution < -0.4 is 5.32 Å². The van der Waals surface area contributed by atoms with Gasteiger partial charge in [-0.3, -0.25) is 13.9 Å². The maximum Gasteiger partial charge on any atom is 0.369 e. The molecular formula is C10H23NO8P2. The zero-order valence-electron chi connectivity index (χ0n) is 12.2. The molecule has 11 heteroatoms. The average molecular weight is 347 g/mol. The van der Waals surface area contributed by atoms with Gasteiger partial charge in [-0.2, -0.15) is 0 Å². The highest BCUT2D eigenvalue weighted by Crippen LogP contribution is 2.69. The van der Waals surface area contributed by atoms with Crippen molar-refractivity contribution in [3.8, 4) is 0 Å². The average Bonchev–Trinajstić information content (AvgIpc) is 2.30. The summed E-state index contributed by atoms with van der Waals surface area (Å²) in [5.74, 6) is -0.291. The molecule has 0 aromatic rings. The Hall–Kier alpha value is -0.270. The van der Waals surface area contributed by atoms with Crippen LogP contribution in [0.25, 0.3) is 0 Å². The zero-order valence-corrected chi connectivity index (χ0v) is 14.0. The molecule has 0 aromatic heterocycles. The van der Waals surface area contributed by atoms with Crippen LogP contribution in [-0.2, 0) is 13.9 Å². The van der Waals surface area contributed by atoms with Gasteiger partial charge in [-0.25, -0.2) is 0 Å². The first-order chi connectivity index (χ1) is 9.19. The van der Waals surface area contributed by atoms with Crippen molar-refractivity contribution >= 4 is 21.1 Å². The van der Waals surface area contributed by atoms with E-state index >= 15 is 0 Å². The lowest BCUT2D eigenvalue weighted by Gasteiger charge is -2.29. The van der Waals surface area contributed by atoms with Gasteiger partial charge < -0.3 is 30.0 Å². The van der Waals surface area contributed by atoms with Gasteiger partial charge in [-0.05, 0) is 12.8 Å². The molecule has 0 saturated heterocycles. The summed E-state index contributed by atoms with van der Waals surface area (Å²) in [5.41, 5.74) is -0.622. The van der Waals surface area contributed by atoms with Crippen LogP contribution in [0, 0.1) is 5.41 Å². The highest BCUT2D eigenvalue weighted by molar-refractivity contribution is 7.72. The van der Waals surface area contributed by atoms with Gasteiger partial charge in [0, 0.05) is 18.4 Å². The van der Waals surface area contributed by atoms with Gasteiger partial charge in [0.25, 0.3) is 5.08 Å². The predicted octanol–water partition coefficient (Wildman–Crippen LogP) is 0.320. The van der Waals surface area contributed by atoms with E-state index in [1.54, 1.807) is 13.8 Å². The molecule has 0 aromatic carbocycles. The Balaban J connectivity index is 4.68. The van der Waals surface area contributed by atoms with Crippen LogP contribution in [-0.4, -0.2) is 42.2 Å². The number of rotatable bonds is 8. The molecule has 0 radical (unpaired) electrons. The van der Waals surface area contributed by atoms with Crippen molar-refractivity contribution in [1.29, 1.82) is 0 Å².